The molecule has 0 aliphatic carbocycles. The topological polar surface area (TPSA) is 53.1 Å². The first-order chi connectivity index (χ1) is 19.8. The Morgan fingerprint density at radius 3 is 2.78 bits per heavy atom. The quantitative estimate of drug-likeness (QED) is 0.165. The second kappa shape index (κ2) is 14.3. The highest BCUT2D eigenvalue weighted by Gasteiger charge is 2.27. The highest BCUT2D eigenvalue weighted by atomic mass is 19.1. The van der Waals surface area contributed by atoms with Crippen LogP contribution >= 0.6 is 0 Å². The molecule has 41 heavy (non-hydrogen) atoms. The minimum atomic E-state index is -0.332. The Balaban J connectivity index is 1.50. The lowest BCUT2D eigenvalue weighted by Gasteiger charge is -2.33. The van der Waals surface area contributed by atoms with E-state index in [0.29, 0.717) is 30.8 Å². The van der Waals surface area contributed by atoms with Gasteiger partial charge in [0.2, 0.25) is 5.91 Å². The number of benzene rings is 1. The Bertz CT molecular complexity index is 1280. The number of amides is 1. The number of nitrogens with zero attached hydrogens (tertiary/aromatic N) is 3. The lowest BCUT2D eigenvalue weighted by molar-refractivity contribution is -0.140. The third-order valence-corrected chi connectivity index (χ3v) is 7.85. The summed E-state index contributed by atoms with van der Waals surface area (Å²) in [4.78, 5) is 31.1. The normalized spacial score (nSPS) is 19.4. The number of halogens is 1. The number of likely N-dealkylation sites (tertiary alicyclic amines) is 1. The number of unbranched alkanes of at least 4 members (excludes halogenated alkanes) is 3. The van der Waals surface area contributed by atoms with Crippen LogP contribution in [0.15, 0.2) is 71.6 Å². The second-order valence-corrected chi connectivity index (χ2v) is 11.2. The van der Waals surface area contributed by atoms with E-state index >= 15 is 4.39 Å². The van der Waals surface area contributed by atoms with Crippen LogP contribution in [0.25, 0.3) is 5.70 Å². The SMILES string of the molecule is CCC/C=C(/C(=O)OCCCCCN1CCCC1=O)N1C=C(C2=C(c3cc(C)ccc3F)N(C)CC=C2)C=CC1C. The molecule has 0 aromatic heterocycles. The van der Waals surface area contributed by atoms with Crippen LogP contribution in [0.3, 0.4) is 0 Å². The molecule has 1 aromatic carbocycles. The first-order valence-corrected chi connectivity index (χ1v) is 15.0. The van der Waals surface area contributed by atoms with E-state index in [0.717, 1.165) is 74.0 Å². The van der Waals surface area contributed by atoms with Crippen LogP contribution in [0.4, 0.5) is 4.39 Å². The zero-order valence-corrected chi connectivity index (χ0v) is 25.0. The summed E-state index contributed by atoms with van der Waals surface area (Å²) in [6.45, 7) is 8.79. The Kier molecular flexibility index (Phi) is 10.6. The molecule has 3 aliphatic rings. The smallest absolute Gasteiger partial charge is 0.354 e. The maximum Gasteiger partial charge on any atom is 0.354 e. The third kappa shape index (κ3) is 7.57. The number of likely N-dealkylation sites (N-methyl/N-ethyl adjacent to an activating group) is 1. The van der Waals surface area contributed by atoms with E-state index in [4.69, 9.17) is 4.74 Å². The number of rotatable bonds is 12. The molecule has 4 rings (SSSR count). The molecule has 1 amide bonds. The van der Waals surface area contributed by atoms with Crippen LogP contribution < -0.4 is 0 Å². The predicted octanol–water partition coefficient (Wildman–Crippen LogP) is 6.51. The largest absolute Gasteiger partial charge is 0.461 e. The number of carbonyl (C=O) groups is 2. The fourth-order valence-electron chi connectivity index (χ4n) is 5.54. The van der Waals surface area contributed by atoms with Crippen LogP contribution in [0.5, 0.6) is 0 Å². The van der Waals surface area contributed by atoms with Gasteiger partial charge in [-0.2, -0.15) is 0 Å². The molecule has 1 unspecified atom stereocenters. The molecule has 0 radical (unpaired) electrons. The predicted molar refractivity (Wildman–Crippen MR) is 162 cm³/mol. The molecule has 7 heteroatoms. The summed E-state index contributed by atoms with van der Waals surface area (Å²) in [7, 11) is 1.97. The van der Waals surface area contributed by atoms with Gasteiger partial charge in [-0.15, -0.1) is 0 Å². The molecular formula is C34H44FN3O3. The van der Waals surface area contributed by atoms with E-state index in [1.807, 2.05) is 48.2 Å². The van der Waals surface area contributed by atoms with Gasteiger partial charge in [0.15, 0.2) is 0 Å². The molecule has 1 saturated heterocycles. The summed E-state index contributed by atoms with van der Waals surface area (Å²) >= 11 is 0. The number of aryl methyl sites for hydroxylation is 1. The molecule has 6 nitrogen and oxygen atoms in total. The van der Waals surface area contributed by atoms with Crippen LogP contribution in [0.2, 0.25) is 0 Å². The first-order valence-electron chi connectivity index (χ1n) is 15.0. The van der Waals surface area contributed by atoms with Crippen molar-refractivity contribution in [1.82, 2.24) is 14.7 Å². The van der Waals surface area contributed by atoms with Gasteiger partial charge in [-0.25, -0.2) is 9.18 Å². The lowest BCUT2D eigenvalue weighted by Crippen LogP contribution is -2.33. The van der Waals surface area contributed by atoms with Crippen molar-refractivity contribution < 1.29 is 18.7 Å². The molecule has 1 fully saturated rings. The van der Waals surface area contributed by atoms with Crippen molar-refractivity contribution >= 4 is 17.6 Å². The standard InChI is InChI=1S/C34H44FN3O3/c1-5-6-13-31(34(40)41-22-9-7-8-20-37-21-11-14-32(37)39)38-24-27(17-16-26(38)3)28-12-10-19-36(4)33(28)29-23-25(2)15-18-30(29)35/h10,12-13,15-18,23-24,26H,5-9,11,14,19-22H2,1-4H3/b31-13-. The van der Waals surface area contributed by atoms with Gasteiger partial charge in [-0.1, -0.05) is 55.4 Å². The molecular weight excluding hydrogens is 517 g/mol. The molecule has 0 spiro atoms. The van der Waals surface area contributed by atoms with Crippen molar-refractivity contribution in [1.29, 1.82) is 0 Å². The number of hydrogen-bond donors (Lipinski definition) is 0. The Hall–Kier alpha value is -3.61. The van der Waals surface area contributed by atoms with Crippen LogP contribution in [-0.4, -0.2) is 65.9 Å². The average molecular weight is 562 g/mol. The highest BCUT2D eigenvalue weighted by molar-refractivity contribution is 5.88. The summed E-state index contributed by atoms with van der Waals surface area (Å²) in [6, 6.07) is 5.15. The van der Waals surface area contributed by atoms with E-state index < -0.39 is 0 Å². The van der Waals surface area contributed by atoms with Crippen molar-refractivity contribution in [2.75, 3.05) is 33.3 Å². The number of ether oxygens (including phenoxy) is 1. The van der Waals surface area contributed by atoms with E-state index in [1.54, 1.807) is 6.07 Å². The van der Waals surface area contributed by atoms with Crippen molar-refractivity contribution in [2.24, 2.45) is 0 Å². The fourth-order valence-corrected chi connectivity index (χ4v) is 5.54. The molecule has 1 aromatic rings. The molecule has 3 heterocycles. The number of allylic oxidation sites excluding steroid dienone is 5. The second-order valence-electron chi connectivity index (χ2n) is 11.2. The molecule has 0 N–H and O–H groups in total. The number of carbonyl (C=O) groups excluding carboxylic acids is 2. The van der Waals surface area contributed by atoms with E-state index in [2.05, 4.69) is 37.0 Å². The molecule has 0 bridgehead atoms. The Morgan fingerprint density at radius 2 is 2.02 bits per heavy atom. The zero-order chi connectivity index (χ0) is 29.4. The van der Waals surface area contributed by atoms with Crippen molar-refractivity contribution in [2.45, 2.75) is 71.8 Å². The van der Waals surface area contributed by atoms with Gasteiger partial charge >= 0.3 is 5.97 Å². The van der Waals surface area contributed by atoms with Crippen LogP contribution in [0.1, 0.15) is 69.9 Å². The first kappa shape index (κ1) is 30.4. The molecule has 0 saturated carbocycles. The van der Waals surface area contributed by atoms with Crippen molar-refractivity contribution in [3.05, 3.63) is 88.6 Å². The third-order valence-electron chi connectivity index (χ3n) is 7.85. The minimum absolute atomic E-state index is 0.0440. The lowest BCUT2D eigenvalue weighted by atomic mass is 9.93. The van der Waals surface area contributed by atoms with E-state index in [9.17, 15) is 9.59 Å². The average Bonchev–Trinajstić information content (AvgIpc) is 3.37. The molecule has 220 valence electrons. The summed E-state index contributed by atoms with van der Waals surface area (Å²) < 4.78 is 20.8. The van der Waals surface area contributed by atoms with Gasteiger partial charge in [0.1, 0.15) is 11.5 Å². The molecule has 1 atom stereocenters. The van der Waals surface area contributed by atoms with E-state index in [1.165, 1.54) is 6.07 Å². The van der Waals surface area contributed by atoms with E-state index in [-0.39, 0.29) is 23.7 Å². The summed E-state index contributed by atoms with van der Waals surface area (Å²) in [6.07, 6.45) is 18.1. The summed E-state index contributed by atoms with van der Waals surface area (Å²) in [5.74, 6) is -0.335. The molecule has 3 aliphatic heterocycles. The number of esters is 1. The summed E-state index contributed by atoms with van der Waals surface area (Å²) in [5, 5.41) is 0. The van der Waals surface area contributed by atoms with Gasteiger partial charge in [0.25, 0.3) is 0 Å². The van der Waals surface area contributed by atoms with Gasteiger partial charge < -0.3 is 19.4 Å². The maximum absolute atomic E-state index is 15.1. The van der Waals surface area contributed by atoms with Crippen molar-refractivity contribution in [3.8, 4) is 0 Å². The highest BCUT2D eigenvalue weighted by Crippen LogP contribution is 2.35. The van der Waals surface area contributed by atoms with Gasteiger partial charge in [-0.05, 0) is 63.7 Å². The van der Waals surface area contributed by atoms with Crippen LogP contribution in [-0.2, 0) is 14.3 Å². The number of hydrogen-bond acceptors (Lipinski definition) is 5. The maximum atomic E-state index is 15.1. The Labute approximate surface area is 244 Å². The Morgan fingerprint density at radius 1 is 1.20 bits per heavy atom. The van der Waals surface area contributed by atoms with Crippen LogP contribution in [0, 0.1) is 12.7 Å². The van der Waals surface area contributed by atoms with Crippen molar-refractivity contribution in [3.63, 3.8) is 0 Å². The fraction of sp³-hybridized carbons (Fsp3) is 0.471. The summed E-state index contributed by atoms with van der Waals surface area (Å²) in [5.41, 5.74) is 4.75. The minimum Gasteiger partial charge on any atom is -0.461 e. The zero-order valence-electron chi connectivity index (χ0n) is 25.0. The van der Waals surface area contributed by atoms with Gasteiger partial charge in [-0.3, -0.25) is 4.79 Å². The van der Waals surface area contributed by atoms with Gasteiger partial charge in [0.05, 0.1) is 12.3 Å². The monoisotopic (exact) mass is 561 g/mol. The van der Waals surface area contributed by atoms with Gasteiger partial charge in [0, 0.05) is 56.5 Å².